The fourth-order valence-corrected chi connectivity index (χ4v) is 3.84. The molecule has 0 spiro atoms. The van der Waals surface area contributed by atoms with Gasteiger partial charge in [0.25, 0.3) is 0 Å². The molecule has 0 amide bonds. The van der Waals surface area contributed by atoms with Crippen LogP contribution in [0.2, 0.25) is 0 Å². The Labute approximate surface area is 117 Å². The molecule has 19 heavy (non-hydrogen) atoms. The van der Waals surface area contributed by atoms with Gasteiger partial charge in [0.05, 0.1) is 6.10 Å². The number of likely N-dealkylation sites (N-methyl/N-ethyl adjacent to an activating group) is 1. The minimum atomic E-state index is -0.195. The maximum atomic E-state index is 12.1. The van der Waals surface area contributed by atoms with Crippen molar-refractivity contribution in [1.29, 1.82) is 0 Å². The molecule has 4 atom stereocenters. The number of aliphatic hydroxyl groups is 1. The molecular weight excluding hydrogens is 238 g/mol. The van der Waals surface area contributed by atoms with Gasteiger partial charge < -0.3 is 10.0 Å². The van der Waals surface area contributed by atoms with E-state index in [1.807, 2.05) is 0 Å². The number of hydrogen-bond donors (Lipinski definition) is 1. The number of carbonyl (C=O) groups is 1. The monoisotopic (exact) mass is 267 g/mol. The number of hydrogen-bond acceptors (Lipinski definition) is 3. The molecule has 0 saturated heterocycles. The molecule has 0 heterocycles. The number of aliphatic hydroxyl groups excluding tert-OH is 1. The summed E-state index contributed by atoms with van der Waals surface area (Å²) >= 11 is 0. The molecule has 3 heteroatoms. The smallest absolute Gasteiger partial charge is 0.137 e. The van der Waals surface area contributed by atoms with Crippen LogP contribution in [0.15, 0.2) is 0 Å². The topological polar surface area (TPSA) is 40.5 Å². The van der Waals surface area contributed by atoms with E-state index in [0.29, 0.717) is 5.78 Å². The minimum absolute atomic E-state index is 0.195. The third-order valence-electron chi connectivity index (χ3n) is 5.22. The maximum Gasteiger partial charge on any atom is 0.137 e. The van der Waals surface area contributed by atoms with Gasteiger partial charge in [0.15, 0.2) is 0 Å². The lowest BCUT2D eigenvalue weighted by molar-refractivity contribution is -0.126. The van der Waals surface area contributed by atoms with Crippen LogP contribution < -0.4 is 0 Å². The summed E-state index contributed by atoms with van der Waals surface area (Å²) in [6.45, 7) is 3.07. The van der Waals surface area contributed by atoms with Crippen LogP contribution in [0.4, 0.5) is 0 Å². The predicted octanol–water partition coefficient (Wildman–Crippen LogP) is 2.62. The van der Waals surface area contributed by atoms with E-state index >= 15 is 0 Å². The molecule has 2 fully saturated rings. The van der Waals surface area contributed by atoms with Crippen molar-refractivity contribution in [2.45, 2.75) is 70.4 Å². The largest absolute Gasteiger partial charge is 0.391 e. The van der Waals surface area contributed by atoms with Crippen molar-refractivity contribution in [2.24, 2.45) is 11.8 Å². The first-order chi connectivity index (χ1) is 9.11. The summed E-state index contributed by atoms with van der Waals surface area (Å²) in [5.41, 5.74) is 0. The number of ketones is 1. The highest BCUT2D eigenvalue weighted by atomic mass is 16.3. The van der Waals surface area contributed by atoms with Crippen LogP contribution in [-0.2, 0) is 4.79 Å². The van der Waals surface area contributed by atoms with E-state index in [4.69, 9.17) is 0 Å². The fraction of sp³-hybridized carbons (Fsp3) is 0.938. The molecule has 0 bridgehead atoms. The predicted molar refractivity (Wildman–Crippen MR) is 77.0 cm³/mol. The lowest BCUT2D eigenvalue weighted by atomic mass is 9.78. The Balaban J connectivity index is 1.89. The Morgan fingerprint density at radius 1 is 1.26 bits per heavy atom. The first-order valence-corrected chi connectivity index (χ1v) is 8.02. The Morgan fingerprint density at radius 3 is 2.68 bits per heavy atom. The summed E-state index contributed by atoms with van der Waals surface area (Å²) in [5.74, 6) is 1.38. The fourth-order valence-electron chi connectivity index (χ4n) is 3.84. The van der Waals surface area contributed by atoms with Gasteiger partial charge in [-0.25, -0.2) is 0 Å². The molecule has 0 aromatic carbocycles. The molecule has 0 radical (unpaired) electrons. The Hall–Kier alpha value is -0.410. The maximum absolute atomic E-state index is 12.1. The molecule has 2 aliphatic carbocycles. The van der Waals surface area contributed by atoms with Gasteiger partial charge in [-0.3, -0.25) is 4.79 Å². The minimum Gasteiger partial charge on any atom is -0.391 e. The number of Topliss-reactive ketones (excluding diaryl/α,β-unsaturated/α-hetero) is 1. The zero-order chi connectivity index (χ0) is 13.8. The standard InChI is InChI=1S/C16H29NO2/c1-3-12-8-9-15(18)13(10-12)11-17(2)14-6-4-5-7-16(14)19/h12-14,16,19H,3-11H2,1-2H3. The summed E-state index contributed by atoms with van der Waals surface area (Å²) < 4.78 is 0. The van der Waals surface area contributed by atoms with Crippen molar-refractivity contribution in [3.05, 3.63) is 0 Å². The first-order valence-electron chi connectivity index (χ1n) is 8.02. The molecule has 110 valence electrons. The van der Waals surface area contributed by atoms with Gasteiger partial charge in [-0.15, -0.1) is 0 Å². The summed E-state index contributed by atoms with van der Waals surface area (Å²) in [6.07, 6.45) is 8.27. The van der Waals surface area contributed by atoms with Gasteiger partial charge in [-0.05, 0) is 38.6 Å². The Bertz CT molecular complexity index is 305. The average Bonchev–Trinajstić information content (AvgIpc) is 2.41. The van der Waals surface area contributed by atoms with Crippen molar-refractivity contribution in [1.82, 2.24) is 4.90 Å². The highest BCUT2D eigenvalue weighted by Crippen LogP contribution is 2.30. The van der Waals surface area contributed by atoms with Crippen LogP contribution in [0.5, 0.6) is 0 Å². The van der Waals surface area contributed by atoms with E-state index < -0.39 is 0 Å². The van der Waals surface area contributed by atoms with E-state index in [9.17, 15) is 9.90 Å². The molecule has 0 aromatic heterocycles. The highest BCUT2D eigenvalue weighted by molar-refractivity contribution is 5.81. The summed E-state index contributed by atoms with van der Waals surface area (Å²) in [4.78, 5) is 14.3. The number of rotatable bonds is 4. The van der Waals surface area contributed by atoms with E-state index in [1.165, 1.54) is 12.8 Å². The molecular formula is C16H29NO2. The lowest BCUT2D eigenvalue weighted by Gasteiger charge is -2.38. The van der Waals surface area contributed by atoms with Crippen LogP contribution >= 0.6 is 0 Å². The molecule has 4 unspecified atom stereocenters. The second-order valence-corrected chi connectivity index (χ2v) is 6.57. The van der Waals surface area contributed by atoms with E-state index in [-0.39, 0.29) is 18.1 Å². The Morgan fingerprint density at radius 2 is 2.00 bits per heavy atom. The average molecular weight is 267 g/mol. The van der Waals surface area contributed by atoms with E-state index in [1.54, 1.807) is 0 Å². The van der Waals surface area contributed by atoms with Crippen molar-refractivity contribution < 1.29 is 9.90 Å². The van der Waals surface area contributed by atoms with E-state index in [2.05, 4.69) is 18.9 Å². The molecule has 2 aliphatic rings. The van der Waals surface area contributed by atoms with Crippen molar-refractivity contribution in [3.63, 3.8) is 0 Å². The SMILES string of the molecule is CCC1CCC(=O)C(CN(C)C2CCCCC2O)C1. The molecule has 0 aromatic rings. The molecule has 1 N–H and O–H groups in total. The van der Waals surface area contributed by atoms with Crippen molar-refractivity contribution in [3.8, 4) is 0 Å². The zero-order valence-corrected chi connectivity index (χ0v) is 12.5. The van der Waals surface area contributed by atoms with Crippen LogP contribution in [0, 0.1) is 11.8 Å². The number of carbonyl (C=O) groups excluding carboxylic acids is 1. The zero-order valence-electron chi connectivity index (χ0n) is 12.5. The van der Waals surface area contributed by atoms with Gasteiger partial charge in [-0.1, -0.05) is 26.2 Å². The van der Waals surface area contributed by atoms with Gasteiger partial charge in [-0.2, -0.15) is 0 Å². The summed E-state index contributed by atoms with van der Waals surface area (Å²) in [7, 11) is 2.09. The van der Waals surface area contributed by atoms with Crippen LogP contribution in [0.3, 0.4) is 0 Å². The molecule has 0 aliphatic heterocycles. The van der Waals surface area contributed by atoms with Crippen LogP contribution in [0.25, 0.3) is 0 Å². The van der Waals surface area contributed by atoms with Crippen molar-refractivity contribution in [2.75, 3.05) is 13.6 Å². The summed E-state index contributed by atoms with van der Waals surface area (Å²) in [5, 5.41) is 10.1. The van der Waals surface area contributed by atoms with Crippen LogP contribution in [-0.4, -0.2) is 41.5 Å². The second-order valence-electron chi connectivity index (χ2n) is 6.57. The third-order valence-corrected chi connectivity index (χ3v) is 5.22. The van der Waals surface area contributed by atoms with Gasteiger partial charge in [0.1, 0.15) is 5.78 Å². The third kappa shape index (κ3) is 3.79. The summed E-state index contributed by atoms with van der Waals surface area (Å²) in [6, 6.07) is 0.267. The molecule has 2 rings (SSSR count). The van der Waals surface area contributed by atoms with E-state index in [0.717, 1.165) is 51.0 Å². The van der Waals surface area contributed by atoms with Crippen molar-refractivity contribution >= 4 is 5.78 Å². The van der Waals surface area contributed by atoms with Gasteiger partial charge >= 0.3 is 0 Å². The molecule has 2 saturated carbocycles. The quantitative estimate of drug-likeness (QED) is 0.851. The van der Waals surface area contributed by atoms with Gasteiger partial charge in [0, 0.05) is 24.9 Å². The lowest BCUT2D eigenvalue weighted by Crippen LogP contribution is -2.46. The van der Waals surface area contributed by atoms with Crippen LogP contribution in [0.1, 0.15) is 58.3 Å². The first kappa shape index (κ1) is 15.0. The number of nitrogens with zero attached hydrogens (tertiary/aromatic N) is 1. The highest BCUT2D eigenvalue weighted by Gasteiger charge is 2.32. The second kappa shape index (κ2) is 6.85. The Kier molecular flexibility index (Phi) is 5.40. The molecule has 3 nitrogen and oxygen atoms in total. The van der Waals surface area contributed by atoms with Gasteiger partial charge in [0.2, 0.25) is 0 Å². The normalized spacial score (nSPS) is 36.7.